The minimum absolute atomic E-state index is 0.143. The normalized spacial score (nSPS) is 20.1. The van der Waals surface area contributed by atoms with Crippen LogP contribution in [0.3, 0.4) is 0 Å². The van der Waals surface area contributed by atoms with E-state index in [1.165, 1.54) is 91.2 Å². The molecule has 0 aliphatic heterocycles. The molecule has 0 saturated heterocycles. The van der Waals surface area contributed by atoms with Gasteiger partial charge in [-0.05, 0) is 123 Å². The molecule has 6 rings (SSSR count). The summed E-state index contributed by atoms with van der Waals surface area (Å²) in [5, 5.41) is 0. The summed E-state index contributed by atoms with van der Waals surface area (Å²) in [5.74, 6) is 8.19. The van der Waals surface area contributed by atoms with E-state index in [2.05, 4.69) is 142 Å². The van der Waals surface area contributed by atoms with Gasteiger partial charge in [0.25, 0.3) is 0 Å². The first-order valence-electron chi connectivity index (χ1n) is 14.5. The van der Waals surface area contributed by atoms with Gasteiger partial charge in [0.15, 0.2) is 0 Å². The van der Waals surface area contributed by atoms with Crippen LogP contribution in [0.4, 0.5) is 0 Å². The molecular weight excluding hydrogens is 631 g/mol. The predicted octanol–water partition coefficient (Wildman–Crippen LogP) is 10.8. The van der Waals surface area contributed by atoms with E-state index in [0.717, 1.165) is 0 Å². The number of aryl methyl sites for hydroxylation is 6. The molecule has 3 heteroatoms. The number of fused-ring (bicyclic) bond motifs is 3. The first-order chi connectivity index (χ1) is 20.0. The Hall–Kier alpha value is -1.14. The Labute approximate surface area is 274 Å². The van der Waals surface area contributed by atoms with E-state index in [0.29, 0.717) is 0 Å². The SMILES string of the molecule is Cc1cc(C)c(C2=C[C]3[C](C=C2)[C]2C=CC(c4c(C)cc(C)cc4C)=C[C]2[C]3C(C)(C)[C]2[CH][CH][CH][CH]2)c(C)c1.[Cl][Zr+2][Cl]. The van der Waals surface area contributed by atoms with E-state index < -0.39 is 20.8 Å². The van der Waals surface area contributed by atoms with Crippen LogP contribution >= 0.6 is 17.0 Å². The molecule has 4 aliphatic rings. The van der Waals surface area contributed by atoms with Crippen molar-refractivity contribution in [3.63, 3.8) is 0 Å². The molecule has 2 aromatic rings. The van der Waals surface area contributed by atoms with Crippen LogP contribution in [0.15, 0.2) is 60.7 Å². The van der Waals surface area contributed by atoms with Gasteiger partial charge in [-0.3, -0.25) is 0 Å². The van der Waals surface area contributed by atoms with Gasteiger partial charge in [-0.1, -0.05) is 85.7 Å². The molecule has 2 saturated carbocycles. The zero-order valence-electron chi connectivity index (χ0n) is 25.8. The summed E-state index contributed by atoms with van der Waals surface area (Å²) in [7, 11) is 9.87. The molecular formula is C39H38Cl2Zr+2. The number of halogens is 2. The first kappa shape index (κ1) is 32.3. The number of hydrogen-bond donors (Lipinski definition) is 0. The van der Waals surface area contributed by atoms with Crippen molar-refractivity contribution in [1.29, 1.82) is 0 Å². The topological polar surface area (TPSA) is 0 Å². The molecule has 42 heavy (non-hydrogen) atoms. The summed E-state index contributed by atoms with van der Waals surface area (Å²) in [5.41, 5.74) is 13.2. The van der Waals surface area contributed by atoms with Crippen molar-refractivity contribution in [2.75, 3.05) is 0 Å². The molecule has 10 radical (unpaired) electrons. The van der Waals surface area contributed by atoms with Crippen molar-refractivity contribution < 1.29 is 20.8 Å². The molecule has 2 fully saturated rings. The van der Waals surface area contributed by atoms with Crippen molar-refractivity contribution in [2.45, 2.75) is 55.4 Å². The molecule has 0 unspecified atom stereocenters. The van der Waals surface area contributed by atoms with Crippen molar-refractivity contribution in [3.05, 3.63) is 166 Å². The quantitative estimate of drug-likeness (QED) is 0.304. The van der Waals surface area contributed by atoms with Crippen molar-refractivity contribution in [3.8, 4) is 0 Å². The van der Waals surface area contributed by atoms with E-state index in [1.807, 2.05) is 0 Å². The molecule has 0 N–H and O–H groups in total. The van der Waals surface area contributed by atoms with Crippen LogP contribution in [0.1, 0.15) is 58.4 Å². The van der Waals surface area contributed by atoms with Crippen LogP contribution in [0.25, 0.3) is 11.1 Å². The van der Waals surface area contributed by atoms with E-state index in [4.69, 9.17) is 17.0 Å². The summed E-state index contributed by atoms with van der Waals surface area (Å²) in [6, 6.07) is 9.23. The summed E-state index contributed by atoms with van der Waals surface area (Å²) in [6.07, 6.45) is 23.2. The van der Waals surface area contributed by atoms with E-state index in [1.54, 1.807) is 0 Å². The fourth-order valence-corrected chi connectivity index (χ4v) is 7.31. The third-order valence-corrected chi connectivity index (χ3v) is 8.81. The summed E-state index contributed by atoms with van der Waals surface area (Å²) < 4.78 is 0. The molecule has 4 aliphatic carbocycles. The standard InChI is InChI=1S/C39H38.2ClH.Zr/c1-23-17-25(3)36(26(4)18-23)29-13-15-32-33-16-14-30(37-27(5)19-24(2)20-28(37)6)22-35(33)38(34(32)21-29)39(7,8)31-11-9-10-12-31;;;/h9-22H,1-8H3;2*1H;/q;;;+4/p-2. The maximum absolute atomic E-state index is 4.93. The molecule has 0 spiro atoms. The summed E-state index contributed by atoms with van der Waals surface area (Å²) >= 11 is -0.826. The number of allylic oxidation sites excluding steroid dienone is 8. The third-order valence-electron chi connectivity index (χ3n) is 8.81. The number of benzene rings is 2. The molecule has 0 heterocycles. The van der Waals surface area contributed by atoms with Crippen molar-refractivity contribution in [1.82, 2.24) is 0 Å². The fourth-order valence-electron chi connectivity index (χ4n) is 7.31. The van der Waals surface area contributed by atoms with E-state index in [-0.39, 0.29) is 5.41 Å². The third kappa shape index (κ3) is 6.06. The maximum atomic E-state index is 4.93. The Kier molecular flexibility index (Phi) is 10.0. The van der Waals surface area contributed by atoms with Gasteiger partial charge in [-0.25, -0.2) is 0 Å². The predicted molar refractivity (Wildman–Crippen MR) is 178 cm³/mol. The average molecular weight is 669 g/mol. The van der Waals surface area contributed by atoms with Crippen LogP contribution in [-0.4, -0.2) is 0 Å². The zero-order valence-corrected chi connectivity index (χ0v) is 29.8. The van der Waals surface area contributed by atoms with E-state index in [9.17, 15) is 0 Å². The molecule has 0 atom stereocenters. The number of rotatable bonds is 4. The van der Waals surface area contributed by atoms with Crippen molar-refractivity contribution >= 4 is 28.2 Å². The zero-order chi connectivity index (χ0) is 30.3. The van der Waals surface area contributed by atoms with Crippen LogP contribution < -0.4 is 0 Å². The second-order valence-corrected chi connectivity index (χ2v) is 16.0. The Morgan fingerprint density at radius 2 is 0.905 bits per heavy atom. The average Bonchev–Trinajstić information content (AvgIpc) is 3.55. The Bertz CT molecular complexity index is 1310. The Morgan fingerprint density at radius 3 is 1.26 bits per heavy atom. The van der Waals surface area contributed by atoms with Crippen LogP contribution in [0.2, 0.25) is 0 Å². The van der Waals surface area contributed by atoms with Gasteiger partial charge in [-0.15, -0.1) is 0 Å². The van der Waals surface area contributed by atoms with Gasteiger partial charge < -0.3 is 0 Å². The van der Waals surface area contributed by atoms with Crippen LogP contribution in [0.5, 0.6) is 0 Å². The van der Waals surface area contributed by atoms with Gasteiger partial charge in [0, 0.05) is 29.6 Å². The molecule has 0 bridgehead atoms. The van der Waals surface area contributed by atoms with Gasteiger partial charge in [-0.2, -0.15) is 0 Å². The molecule has 210 valence electrons. The molecule has 2 aromatic carbocycles. The number of hydrogen-bond acceptors (Lipinski definition) is 0. The minimum atomic E-state index is -0.826. The van der Waals surface area contributed by atoms with Gasteiger partial charge in [0.2, 0.25) is 0 Å². The Morgan fingerprint density at radius 1 is 0.548 bits per heavy atom. The second kappa shape index (κ2) is 13.1. The fraction of sp³-hybridized carbons (Fsp3) is 0.231. The Balaban J connectivity index is 0.00000113. The van der Waals surface area contributed by atoms with E-state index >= 15 is 0 Å². The van der Waals surface area contributed by atoms with Gasteiger partial charge >= 0.3 is 37.9 Å². The summed E-state index contributed by atoms with van der Waals surface area (Å²) in [6.45, 7) is 18.1. The van der Waals surface area contributed by atoms with Gasteiger partial charge in [0.05, 0.1) is 0 Å². The van der Waals surface area contributed by atoms with Crippen molar-refractivity contribution in [2.24, 2.45) is 5.41 Å². The second-order valence-electron chi connectivity index (χ2n) is 12.3. The van der Waals surface area contributed by atoms with Crippen LogP contribution in [0, 0.1) is 108 Å². The summed E-state index contributed by atoms with van der Waals surface area (Å²) in [4.78, 5) is 0. The molecule has 0 aromatic heterocycles. The first-order valence-corrected chi connectivity index (χ1v) is 20.8. The molecule has 0 nitrogen and oxygen atoms in total. The van der Waals surface area contributed by atoms with Crippen LogP contribution in [-0.2, 0) is 20.8 Å². The monoisotopic (exact) mass is 666 g/mol. The molecule has 0 amide bonds. The van der Waals surface area contributed by atoms with Gasteiger partial charge in [0.1, 0.15) is 0 Å².